The van der Waals surface area contributed by atoms with Crippen molar-refractivity contribution in [1.29, 1.82) is 5.26 Å². The Morgan fingerprint density at radius 3 is 3.06 bits per heavy atom. The Morgan fingerprint density at radius 1 is 1.44 bits per heavy atom. The lowest BCUT2D eigenvalue weighted by molar-refractivity contribution is -0.115. The van der Waals surface area contributed by atoms with Crippen LogP contribution in [0.5, 0.6) is 0 Å². The summed E-state index contributed by atoms with van der Waals surface area (Å²) in [4.78, 5) is 13.4. The lowest BCUT2D eigenvalue weighted by Crippen LogP contribution is -2.22. The predicted molar refractivity (Wildman–Crippen MR) is 70.2 cm³/mol. The van der Waals surface area contributed by atoms with Gasteiger partial charge in [-0.05, 0) is 30.7 Å². The molecule has 1 N–H and O–H groups in total. The number of hydrogen-bond donors (Lipinski definition) is 1. The quantitative estimate of drug-likeness (QED) is 0.854. The van der Waals surface area contributed by atoms with Crippen LogP contribution in [0, 0.1) is 11.3 Å². The number of fused-ring (bicyclic) bond motifs is 1. The molecule has 0 spiro atoms. The minimum atomic E-state index is 0.0771. The van der Waals surface area contributed by atoms with Crippen molar-refractivity contribution in [3.8, 4) is 6.07 Å². The van der Waals surface area contributed by atoms with Gasteiger partial charge in [-0.3, -0.25) is 4.79 Å². The van der Waals surface area contributed by atoms with Gasteiger partial charge in [-0.1, -0.05) is 12.1 Å². The van der Waals surface area contributed by atoms with E-state index in [4.69, 9.17) is 5.26 Å². The standard InChI is InChI=1S/C14H17N3O/c1-17(7-2-6-15)8-5-11-3-4-13-12(9-11)10-14(18)16-13/h3-4,9H,2,5,7-8,10H2,1H3,(H,16,18). The molecule has 0 fully saturated rings. The summed E-state index contributed by atoms with van der Waals surface area (Å²) in [6.45, 7) is 1.74. The smallest absolute Gasteiger partial charge is 0.228 e. The van der Waals surface area contributed by atoms with Crippen LogP contribution in [0.25, 0.3) is 0 Å². The van der Waals surface area contributed by atoms with E-state index >= 15 is 0 Å². The molecule has 94 valence electrons. The molecule has 2 rings (SSSR count). The predicted octanol–water partition coefficient (Wildman–Crippen LogP) is 1.57. The van der Waals surface area contributed by atoms with Gasteiger partial charge in [-0.15, -0.1) is 0 Å². The lowest BCUT2D eigenvalue weighted by atomic mass is 10.1. The highest BCUT2D eigenvalue weighted by Crippen LogP contribution is 2.23. The summed E-state index contributed by atoms with van der Waals surface area (Å²) < 4.78 is 0. The molecule has 0 bridgehead atoms. The molecule has 0 aliphatic carbocycles. The number of rotatable bonds is 5. The zero-order chi connectivity index (χ0) is 13.0. The summed E-state index contributed by atoms with van der Waals surface area (Å²) >= 11 is 0. The number of carbonyl (C=O) groups excluding carboxylic acids is 1. The van der Waals surface area contributed by atoms with Crippen molar-refractivity contribution in [3.05, 3.63) is 29.3 Å². The molecule has 0 unspecified atom stereocenters. The third kappa shape index (κ3) is 3.08. The van der Waals surface area contributed by atoms with Crippen LogP contribution in [0.15, 0.2) is 18.2 Å². The summed E-state index contributed by atoms with van der Waals surface area (Å²) in [5.41, 5.74) is 3.29. The van der Waals surface area contributed by atoms with Gasteiger partial charge in [0.05, 0.1) is 12.5 Å². The Morgan fingerprint density at radius 2 is 2.28 bits per heavy atom. The second-order valence-electron chi connectivity index (χ2n) is 4.68. The third-order valence-electron chi connectivity index (χ3n) is 3.18. The summed E-state index contributed by atoms with van der Waals surface area (Å²) in [7, 11) is 2.02. The average Bonchev–Trinajstić information content (AvgIpc) is 2.73. The Kier molecular flexibility index (Phi) is 3.96. The van der Waals surface area contributed by atoms with Crippen molar-refractivity contribution in [1.82, 2.24) is 4.90 Å². The van der Waals surface area contributed by atoms with Crippen LogP contribution in [0.4, 0.5) is 5.69 Å². The fraction of sp³-hybridized carbons (Fsp3) is 0.429. The molecule has 1 amide bonds. The van der Waals surface area contributed by atoms with Crippen LogP contribution in [0.1, 0.15) is 17.5 Å². The summed E-state index contributed by atoms with van der Waals surface area (Å²) in [5, 5.41) is 11.3. The van der Waals surface area contributed by atoms with Crippen molar-refractivity contribution in [2.24, 2.45) is 0 Å². The topological polar surface area (TPSA) is 56.1 Å². The molecule has 4 nitrogen and oxygen atoms in total. The zero-order valence-corrected chi connectivity index (χ0v) is 10.6. The molecule has 4 heteroatoms. The first-order chi connectivity index (χ1) is 8.69. The highest BCUT2D eigenvalue weighted by Gasteiger charge is 2.17. The van der Waals surface area contributed by atoms with E-state index in [-0.39, 0.29) is 5.91 Å². The summed E-state index contributed by atoms with van der Waals surface area (Å²) in [6.07, 6.45) is 2.01. The summed E-state index contributed by atoms with van der Waals surface area (Å²) in [6, 6.07) is 8.29. The third-order valence-corrected chi connectivity index (χ3v) is 3.18. The van der Waals surface area contributed by atoms with E-state index in [2.05, 4.69) is 28.4 Å². The minimum absolute atomic E-state index is 0.0771. The Bertz CT molecular complexity index is 490. The van der Waals surface area contributed by atoms with E-state index in [1.807, 2.05) is 13.1 Å². The van der Waals surface area contributed by atoms with Crippen molar-refractivity contribution >= 4 is 11.6 Å². The highest BCUT2D eigenvalue weighted by molar-refractivity contribution is 5.99. The molecule has 0 saturated heterocycles. The number of carbonyl (C=O) groups is 1. The van der Waals surface area contributed by atoms with Gasteiger partial charge < -0.3 is 10.2 Å². The van der Waals surface area contributed by atoms with E-state index in [1.54, 1.807) is 0 Å². The van der Waals surface area contributed by atoms with Crippen LogP contribution in [-0.4, -0.2) is 30.9 Å². The minimum Gasteiger partial charge on any atom is -0.326 e. The van der Waals surface area contributed by atoms with Gasteiger partial charge in [0.2, 0.25) is 5.91 Å². The maximum atomic E-state index is 11.2. The van der Waals surface area contributed by atoms with Gasteiger partial charge in [-0.2, -0.15) is 5.26 Å². The largest absolute Gasteiger partial charge is 0.326 e. The highest BCUT2D eigenvalue weighted by atomic mass is 16.1. The molecule has 1 aromatic carbocycles. The van der Waals surface area contributed by atoms with Crippen LogP contribution in [-0.2, 0) is 17.6 Å². The van der Waals surface area contributed by atoms with Crippen LogP contribution in [0.3, 0.4) is 0 Å². The second-order valence-corrected chi connectivity index (χ2v) is 4.68. The number of nitrogens with zero attached hydrogens (tertiary/aromatic N) is 2. The van der Waals surface area contributed by atoms with Crippen molar-refractivity contribution in [2.45, 2.75) is 19.3 Å². The Hall–Kier alpha value is -1.86. The molecular weight excluding hydrogens is 226 g/mol. The van der Waals surface area contributed by atoms with Gasteiger partial charge in [0.25, 0.3) is 0 Å². The van der Waals surface area contributed by atoms with E-state index in [0.717, 1.165) is 30.8 Å². The number of benzene rings is 1. The van der Waals surface area contributed by atoms with Gasteiger partial charge in [0, 0.05) is 25.2 Å². The number of amides is 1. The van der Waals surface area contributed by atoms with Crippen LogP contribution < -0.4 is 5.32 Å². The van der Waals surface area contributed by atoms with Gasteiger partial charge >= 0.3 is 0 Å². The molecule has 0 saturated carbocycles. The molecule has 1 aliphatic rings. The second kappa shape index (κ2) is 5.65. The molecule has 0 radical (unpaired) electrons. The summed E-state index contributed by atoms with van der Waals surface area (Å²) in [5.74, 6) is 0.0771. The van der Waals surface area contributed by atoms with E-state index in [0.29, 0.717) is 12.8 Å². The fourth-order valence-corrected chi connectivity index (χ4v) is 2.11. The van der Waals surface area contributed by atoms with E-state index in [9.17, 15) is 4.79 Å². The van der Waals surface area contributed by atoms with Crippen LogP contribution >= 0.6 is 0 Å². The van der Waals surface area contributed by atoms with E-state index < -0.39 is 0 Å². The fourth-order valence-electron chi connectivity index (χ4n) is 2.11. The normalized spacial score (nSPS) is 13.3. The Labute approximate surface area is 107 Å². The monoisotopic (exact) mass is 243 g/mol. The van der Waals surface area contributed by atoms with Crippen molar-refractivity contribution in [3.63, 3.8) is 0 Å². The average molecular weight is 243 g/mol. The molecule has 0 aromatic heterocycles. The number of nitriles is 1. The maximum absolute atomic E-state index is 11.2. The molecule has 1 aromatic rings. The first kappa shape index (κ1) is 12.6. The van der Waals surface area contributed by atoms with E-state index in [1.165, 1.54) is 5.56 Å². The first-order valence-electron chi connectivity index (χ1n) is 6.16. The van der Waals surface area contributed by atoms with Crippen molar-refractivity contribution in [2.75, 3.05) is 25.5 Å². The first-order valence-corrected chi connectivity index (χ1v) is 6.16. The molecular formula is C14H17N3O. The lowest BCUT2D eigenvalue weighted by Gasteiger charge is -2.14. The SMILES string of the molecule is CN(CCC#N)CCc1ccc2c(c1)CC(=O)N2. The molecule has 18 heavy (non-hydrogen) atoms. The number of likely N-dealkylation sites (N-methyl/N-ethyl adjacent to an activating group) is 1. The molecule has 1 aliphatic heterocycles. The van der Waals surface area contributed by atoms with Crippen molar-refractivity contribution < 1.29 is 4.79 Å². The van der Waals surface area contributed by atoms with Crippen LogP contribution in [0.2, 0.25) is 0 Å². The number of nitrogens with one attached hydrogen (secondary N) is 1. The molecule has 1 heterocycles. The Balaban J connectivity index is 1.90. The van der Waals surface area contributed by atoms with Gasteiger partial charge in [0.1, 0.15) is 0 Å². The number of anilines is 1. The number of hydrogen-bond acceptors (Lipinski definition) is 3. The van der Waals surface area contributed by atoms with Gasteiger partial charge in [0.15, 0.2) is 0 Å². The zero-order valence-electron chi connectivity index (χ0n) is 10.6. The maximum Gasteiger partial charge on any atom is 0.228 e. The molecule has 0 atom stereocenters. The van der Waals surface area contributed by atoms with Gasteiger partial charge in [-0.25, -0.2) is 0 Å².